The molecule has 5 rings (SSSR count). The van der Waals surface area contributed by atoms with E-state index in [1.807, 2.05) is 32.0 Å². The van der Waals surface area contributed by atoms with Crippen LogP contribution < -0.4 is 19.1 Å². The number of methoxy groups -OCH3 is 1. The van der Waals surface area contributed by atoms with E-state index in [-0.39, 0.29) is 9.77 Å². The van der Waals surface area contributed by atoms with Gasteiger partial charge < -0.3 is 9.47 Å². The predicted octanol–water partition coefficient (Wildman–Crippen LogP) is 5.35. The van der Waals surface area contributed by atoms with E-state index in [1.54, 1.807) is 48.1 Å². The lowest BCUT2D eigenvalue weighted by Crippen LogP contribution is -2.41. The van der Waals surface area contributed by atoms with Crippen LogP contribution in [0.5, 0.6) is 11.5 Å². The van der Waals surface area contributed by atoms with Crippen LogP contribution in [0.25, 0.3) is 10.2 Å². The summed E-state index contributed by atoms with van der Waals surface area (Å²) in [5.41, 5.74) is 1.63. The molecule has 3 aromatic carbocycles. The highest BCUT2D eigenvalue weighted by Crippen LogP contribution is 2.42. The van der Waals surface area contributed by atoms with Crippen molar-refractivity contribution >= 4 is 43.2 Å². The maximum atomic E-state index is 13.5. The number of nitrogens with one attached hydrogen (secondary N) is 1. The molecule has 1 aliphatic rings. The summed E-state index contributed by atoms with van der Waals surface area (Å²) in [6.45, 7) is 4.15. The Labute approximate surface area is 218 Å². The van der Waals surface area contributed by atoms with Crippen molar-refractivity contribution in [1.82, 2.24) is 9.29 Å². The minimum Gasteiger partial charge on any atom is -0.497 e. The Morgan fingerprint density at radius 2 is 1.94 bits per heavy atom. The van der Waals surface area contributed by atoms with Gasteiger partial charge in [0.15, 0.2) is 0 Å². The second-order valence-electron chi connectivity index (χ2n) is 9.32. The molecule has 0 fully saturated rings. The summed E-state index contributed by atoms with van der Waals surface area (Å²) in [5, 5.41) is 0.573. The zero-order valence-electron chi connectivity index (χ0n) is 19.9. The zero-order valence-corrected chi connectivity index (χ0v) is 22.3. The van der Waals surface area contributed by atoms with Crippen LogP contribution >= 0.6 is 22.9 Å². The molecule has 7 nitrogen and oxygen atoms in total. The standard InChI is InChI=1S/C26H25ClN2O5S2/c1-26(2)14-21(19-12-17(33-3)8-11-23(19)34-26)28-36(31,32)18-9-10-22-24(13-18)35-25(30)29(22)15-16-6-4-5-7-20(16)27/h4-13,21,28H,14-15H2,1-3H3/t21-/m0/s1. The maximum Gasteiger partial charge on any atom is 0.308 e. The Balaban J connectivity index is 1.48. The summed E-state index contributed by atoms with van der Waals surface area (Å²) in [6, 6.07) is 16.9. The molecule has 2 heterocycles. The molecule has 188 valence electrons. The van der Waals surface area contributed by atoms with E-state index < -0.39 is 21.7 Å². The average Bonchev–Trinajstić information content (AvgIpc) is 3.13. The third kappa shape index (κ3) is 4.76. The van der Waals surface area contributed by atoms with E-state index in [0.717, 1.165) is 16.9 Å². The molecule has 0 bridgehead atoms. The smallest absolute Gasteiger partial charge is 0.308 e. The van der Waals surface area contributed by atoms with Gasteiger partial charge in [-0.3, -0.25) is 9.36 Å². The monoisotopic (exact) mass is 544 g/mol. The van der Waals surface area contributed by atoms with E-state index in [2.05, 4.69) is 4.72 Å². The highest BCUT2D eigenvalue weighted by molar-refractivity contribution is 7.89. The topological polar surface area (TPSA) is 86.6 Å². The fraction of sp³-hybridized carbons (Fsp3) is 0.269. The van der Waals surface area contributed by atoms with Gasteiger partial charge in [-0.05, 0) is 61.9 Å². The van der Waals surface area contributed by atoms with E-state index in [9.17, 15) is 13.2 Å². The van der Waals surface area contributed by atoms with Crippen molar-refractivity contribution in [2.45, 2.75) is 43.4 Å². The van der Waals surface area contributed by atoms with E-state index >= 15 is 0 Å². The first-order valence-electron chi connectivity index (χ1n) is 11.3. The number of ether oxygens (including phenoxy) is 2. The molecule has 10 heteroatoms. The molecule has 0 amide bonds. The lowest BCUT2D eigenvalue weighted by Gasteiger charge is -2.37. The van der Waals surface area contributed by atoms with Gasteiger partial charge >= 0.3 is 4.87 Å². The quantitative estimate of drug-likeness (QED) is 0.353. The van der Waals surface area contributed by atoms with Crippen LogP contribution in [0.2, 0.25) is 5.02 Å². The van der Waals surface area contributed by atoms with E-state index in [0.29, 0.717) is 45.3 Å². The lowest BCUT2D eigenvalue weighted by atomic mass is 9.90. The van der Waals surface area contributed by atoms with Crippen LogP contribution in [0.15, 0.2) is 70.4 Å². The lowest BCUT2D eigenvalue weighted by molar-refractivity contribution is 0.0700. The molecule has 4 aromatic rings. The summed E-state index contributed by atoms with van der Waals surface area (Å²) in [7, 11) is -2.34. The second kappa shape index (κ2) is 9.23. The highest BCUT2D eigenvalue weighted by atomic mass is 35.5. The van der Waals surface area contributed by atoms with Gasteiger partial charge in [-0.25, -0.2) is 13.1 Å². The van der Waals surface area contributed by atoms with Gasteiger partial charge in [-0.2, -0.15) is 0 Å². The van der Waals surface area contributed by atoms with Crippen LogP contribution in [-0.4, -0.2) is 25.7 Å². The first kappa shape index (κ1) is 24.8. The van der Waals surface area contributed by atoms with Gasteiger partial charge in [-0.15, -0.1) is 0 Å². The number of aromatic nitrogens is 1. The summed E-state index contributed by atoms with van der Waals surface area (Å²) >= 11 is 7.29. The number of fused-ring (bicyclic) bond motifs is 2. The molecule has 0 aliphatic carbocycles. The molecular weight excluding hydrogens is 520 g/mol. The van der Waals surface area contributed by atoms with E-state index in [1.165, 1.54) is 6.07 Å². The van der Waals surface area contributed by atoms with Gasteiger partial charge in [-0.1, -0.05) is 41.1 Å². The Morgan fingerprint density at radius 3 is 2.69 bits per heavy atom. The van der Waals surface area contributed by atoms with Gasteiger partial charge in [0.05, 0.1) is 34.8 Å². The fourth-order valence-electron chi connectivity index (χ4n) is 4.48. The third-order valence-corrected chi connectivity index (χ3v) is 8.99. The largest absolute Gasteiger partial charge is 0.497 e. The molecule has 0 unspecified atom stereocenters. The number of halogens is 1. The van der Waals surface area contributed by atoms with Crippen molar-refractivity contribution in [3.05, 3.63) is 86.5 Å². The third-order valence-electron chi connectivity index (χ3n) is 6.21. The predicted molar refractivity (Wildman–Crippen MR) is 142 cm³/mol. The Kier molecular flexibility index (Phi) is 6.36. The number of hydrogen-bond acceptors (Lipinski definition) is 6. The maximum absolute atomic E-state index is 13.5. The molecule has 0 radical (unpaired) electrons. The Bertz CT molecular complexity index is 1630. The van der Waals surface area contributed by atoms with Gasteiger partial charge in [0.1, 0.15) is 17.1 Å². The molecule has 0 saturated carbocycles. The Hall–Kier alpha value is -2.85. The van der Waals surface area contributed by atoms with Crippen molar-refractivity contribution in [1.29, 1.82) is 0 Å². The normalized spacial score (nSPS) is 16.9. The minimum absolute atomic E-state index is 0.0925. The molecule has 1 N–H and O–H groups in total. The second-order valence-corrected chi connectivity index (χ2v) is 12.4. The van der Waals surface area contributed by atoms with Crippen LogP contribution in [0, 0.1) is 0 Å². The first-order valence-corrected chi connectivity index (χ1v) is 14.0. The van der Waals surface area contributed by atoms with Gasteiger partial charge in [0, 0.05) is 17.0 Å². The number of sulfonamides is 1. The summed E-state index contributed by atoms with van der Waals surface area (Å²) < 4.78 is 43.4. The summed E-state index contributed by atoms with van der Waals surface area (Å²) in [4.78, 5) is 12.7. The average molecular weight is 545 g/mol. The summed E-state index contributed by atoms with van der Waals surface area (Å²) in [6.07, 6.45) is 0.441. The highest BCUT2D eigenvalue weighted by Gasteiger charge is 2.36. The number of rotatable bonds is 6. The van der Waals surface area contributed by atoms with Crippen molar-refractivity contribution in [3.63, 3.8) is 0 Å². The molecule has 1 atom stereocenters. The van der Waals surface area contributed by atoms with Crippen LogP contribution in [0.4, 0.5) is 0 Å². The molecule has 36 heavy (non-hydrogen) atoms. The molecule has 1 aliphatic heterocycles. The Morgan fingerprint density at radius 1 is 1.17 bits per heavy atom. The van der Waals surface area contributed by atoms with Crippen LogP contribution in [0.1, 0.15) is 37.4 Å². The fourth-order valence-corrected chi connectivity index (χ4v) is 6.92. The van der Waals surface area contributed by atoms with Crippen LogP contribution in [-0.2, 0) is 16.6 Å². The first-order chi connectivity index (χ1) is 17.1. The molecule has 0 spiro atoms. The van der Waals surface area contributed by atoms with Gasteiger partial charge in [0.2, 0.25) is 10.0 Å². The summed E-state index contributed by atoms with van der Waals surface area (Å²) in [5.74, 6) is 1.23. The molecule has 0 saturated heterocycles. The van der Waals surface area contributed by atoms with Gasteiger partial charge in [0.25, 0.3) is 0 Å². The van der Waals surface area contributed by atoms with Crippen molar-refractivity contribution in [3.8, 4) is 11.5 Å². The number of thiazole rings is 1. The van der Waals surface area contributed by atoms with Crippen LogP contribution in [0.3, 0.4) is 0 Å². The van der Waals surface area contributed by atoms with E-state index in [4.69, 9.17) is 21.1 Å². The molecular formula is C26H25ClN2O5S2. The number of nitrogens with zero attached hydrogens (tertiary/aromatic N) is 1. The number of hydrogen-bond donors (Lipinski definition) is 1. The molecule has 1 aromatic heterocycles. The van der Waals surface area contributed by atoms with Crippen molar-refractivity contribution in [2.75, 3.05) is 7.11 Å². The number of benzene rings is 3. The van der Waals surface area contributed by atoms with Crippen molar-refractivity contribution < 1.29 is 17.9 Å². The minimum atomic E-state index is -3.91. The zero-order chi connectivity index (χ0) is 25.7. The SMILES string of the molecule is COc1ccc2c(c1)[C@@H](NS(=O)(=O)c1ccc3c(c1)sc(=O)n3Cc1ccccc1Cl)CC(C)(C)O2. The van der Waals surface area contributed by atoms with Crippen molar-refractivity contribution in [2.24, 2.45) is 0 Å².